The summed E-state index contributed by atoms with van der Waals surface area (Å²) in [6.07, 6.45) is 3.02. The van der Waals surface area contributed by atoms with E-state index in [0.717, 1.165) is 35.4 Å². The molecule has 0 saturated carbocycles. The van der Waals surface area contributed by atoms with E-state index in [2.05, 4.69) is 20.4 Å². The highest BCUT2D eigenvalue weighted by molar-refractivity contribution is 5.84. The fraction of sp³-hybridized carbons (Fsp3) is 0.250. The highest BCUT2D eigenvalue weighted by atomic mass is 16.7. The first-order chi connectivity index (χ1) is 14.0. The third kappa shape index (κ3) is 4.57. The Morgan fingerprint density at radius 1 is 1.17 bits per heavy atom. The predicted molar refractivity (Wildman–Crippen MR) is 115 cm³/mol. The van der Waals surface area contributed by atoms with Gasteiger partial charge in [0.15, 0.2) is 0 Å². The first kappa shape index (κ1) is 20.4. The van der Waals surface area contributed by atoms with Crippen molar-refractivity contribution in [2.45, 2.75) is 32.7 Å². The van der Waals surface area contributed by atoms with Crippen LogP contribution in [0.2, 0.25) is 0 Å². The number of carbonyl (C=O) groups excluding carboxylic acids is 1. The van der Waals surface area contributed by atoms with Gasteiger partial charge in [-0.25, -0.2) is 4.79 Å². The fourth-order valence-corrected chi connectivity index (χ4v) is 3.42. The van der Waals surface area contributed by atoms with E-state index in [0.29, 0.717) is 11.3 Å². The van der Waals surface area contributed by atoms with Gasteiger partial charge in [-0.3, -0.25) is 4.79 Å². The quantitative estimate of drug-likeness (QED) is 0.305. The molecule has 3 rings (SSSR count). The summed E-state index contributed by atoms with van der Waals surface area (Å²) in [5.74, 6) is 0.00520. The Morgan fingerprint density at radius 2 is 1.90 bits per heavy atom. The lowest BCUT2D eigenvalue weighted by atomic mass is 10.0. The average Bonchev–Trinajstić information content (AvgIpc) is 2.74. The van der Waals surface area contributed by atoms with Crippen molar-refractivity contribution >= 4 is 16.9 Å². The first-order valence-electron chi connectivity index (χ1n) is 9.71. The molecule has 0 saturated heterocycles. The minimum Gasteiger partial charge on any atom is -0.457 e. The van der Waals surface area contributed by atoms with Crippen LogP contribution < -0.4 is 10.3 Å². The zero-order valence-electron chi connectivity index (χ0n) is 16.8. The molecule has 150 valence electrons. The number of esters is 1. The molecular weight excluding hydrogens is 366 g/mol. The van der Waals surface area contributed by atoms with Gasteiger partial charge in [0, 0.05) is 17.7 Å². The minimum atomic E-state index is -0.542. The lowest BCUT2D eigenvalue weighted by Gasteiger charge is -2.19. The number of nitrogens with zero attached hydrogens (tertiary/aromatic N) is 1. The molecule has 0 amide bonds. The molecule has 0 aliphatic carbocycles. The largest absolute Gasteiger partial charge is 0.457 e. The zero-order valence-corrected chi connectivity index (χ0v) is 16.8. The Balaban J connectivity index is 1.95. The van der Waals surface area contributed by atoms with Gasteiger partial charge in [-0.15, -0.1) is 0 Å². The van der Waals surface area contributed by atoms with Gasteiger partial charge in [0.2, 0.25) is 6.79 Å². The number of benzene rings is 2. The topological polar surface area (TPSA) is 57.5 Å². The van der Waals surface area contributed by atoms with E-state index < -0.39 is 5.97 Å². The first-order valence-corrected chi connectivity index (χ1v) is 9.71. The van der Waals surface area contributed by atoms with Crippen LogP contribution in [0.25, 0.3) is 22.0 Å². The number of hydrogen-bond donors (Lipinski definition) is 0. The summed E-state index contributed by atoms with van der Waals surface area (Å²) in [4.78, 5) is 24.4. The van der Waals surface area contributed by atoms with Gasteiger partial charge in [0.1, 0.15) is 5.75 Å². The van der Waals surface area contributed by atoms with Crippen LogP contribution in [0.4, 0.5) is 0 Å². The maximum Gasteiger partial charge on any atom is 0.333 e. The molecule has 2 aromatic carbocycles. The van der Waals surface area contributed by atoms with Gasteiger partial charge in [0.05, 0.1) is 5.52 Å². The van der Waals surface area contributed by atoms with Gasteiger partial charge in [-0.05, 0) is 48.6 Å². The highest BCUT2D eigenvalue weighted by Crippen LogP contribution is 2.26. The van der Waals surface area contributed by atoms with E-state index in [4.69, 9.17) is 9.47 Å². The van der Waals surface area contributed by atoms with Gasteiger partial charge in [0.25, 0.3) is 5.56 Å². The molecule has 1 atom stereocenters. The van der Waals surface area contributed by atoms with Crippen LogP contribution in [0.3, 0.4) is 0 Å². The molecule has 5 heteroatoms. The number of rotatable bonds is 8. The Hall–Kier alpha value is -3.34. The van der Waals surface area contributed by atoms with Crippen molar-refractivity contribution < 1.29 is 14.3 Å². The predicted octanol–water partition coefficient (Wildman–Crippen LogP) is 5.10. The molecule has 1 aromatic heterocycles. The zero-order chi connectivity index (χ0) is 20.8. The molecule has 1 unspecified atom stereocenters. The number of aromatic nitrogens is 1. The number of hydrogen-bond acceptors (Lipinski definition) is 4. The number of carbonyl (C=O) groups is 1. The number of ether oxygens (including phenoxy) is 2. The second-order valence-electron chi connectivity index (χ2n) is 6.88. The van der Waals surface area contributed by atoms with Crippen molar-refractivity contribution in [2.24, 2.45) is 0 Å². The molecule has 0 radical (unpaired) electrons. The third-order valence-corrected chi connectivity index (χ3v) is 4.85. The third-order valence-electron chi connectivity index (χ3n) is 4.85. The molecule has 5 nitrogen and oxygen atoms in total. The van der Waals surface area contributed by atoms with Crippen LogP contribution in [-0.4, -0.2) is 17.3 Å². The molecule has 0 fully saturated rings. The molecule has 29 heavy (non-hydrogen) atoms. The highest BCUT2D eigenvalue weighted by Gasteiger charge is 2.15. The lowest BCUT2D eigenvalue weighted by Crippen LogP contribution is -2.25. The maximum atomic E-state index is 13.3. The van der Waals surface area contributed by atoms with E-state index in [-0.39, 0.29) is 18.4 Å². The Kier molecular flexibility index (Phi) is 6.50. The van der Waals surface area contributed by atoms with E-state index in [9.17, 15) is 9.59 Å². The Labute approximate surface area is 170 Å². The van der Waals surface area contributed by atoms with Gasteiger partial charge in [-0.2, -0.15) is 0 Å². The molecule has 0 N–H and O–H groups in total. The standard InChI is InChI=1S/C24H25NO4/c1-4-8-17(3)25-22-10-7-6-9-19(22)15-21(24(25)27)18-11-13-20(14-12-18)28-16-29-23(26)5-2/h5-7,9-15,17H,2,4,8,16H2,1,3H3. The van der Waals surface area contributed by atoms with Crippen LogP contribution in [0.1, 0.15) is 32.7 Å². The molecule has 0 aliphatic rings. The van der Waals surface area contributed by atoms with E-state index in [1.165, 1.54) is 0 Å². The minimum absolute atomic E-state index is 0.00164. The number of fused-ring (bicyclic) bond motifs is 1. The lowest BCUT2D eigenvalue weighted by molar-refractivity contribution is -0.144. The Bertz CT molecular complexity index is 1070. The van der Waals surface area contributed by atoms with Gasteiger partial charge in [-0.1, -0.05) is 50.3 Å². The monoisotopic (exact) mass is 391 g/mol. The molecular formula is C24H25NO4. The van der Waals surface area contributed by atoms with Crippen molar-refractivity contribution in [3.63, 3.8) is 0 Å². The van der Waals surface area contributed by atoms with Gasteiger partial charge >= 0.3 is 5.97 Å². The van der Waals surface area contributed by atoms with E-state index in [1.54, 1.807) is 12.1 Å². The SMILES string of the molecule is C=CC(=O)OCOc1ccc(-c2cc3ccccc3n(C(C)CCC)c2=O)cc1. The number of pyridine rings is 1. The molecule has 3 aromatic rings. The number of para-hydroxylation sites is 1. The van der Waals surface area contributed by atoms with Crippen molar-refractivity contribution in [1.82, 2.24) is 4.57 Å². The molecule has 0 aliphatic heterocycles. The van der Waals surface area contributed by atoms with E-state index in [1.807, 2.05) is 47.0 Å². The summed E-state index contributed by atoms with van der Waals surface area (Å²) in [5, 5.41) is 1.03. The van der Waals surface area contributed by atoms with Crippen LogP contribution in [0.15, 0.2) is 72.0 Å². The van der Waals surface area contributed by atoms with Crippen molar-refractivity contribution in [3.05, 3.63) is 77.6 Å². The van der Waals surface area contributed by atoms with Crippen molar-refractivity contribution in [2.75, 3.05) is 6.79 Å². The normalized spacial score (nSPS) is 11.8. The summed E-state index contributed by atoms with van der Waals surface area (Å²) < 4.78 is 12.1. The summed E-state index contributed by atoms with van der Waals surface area (Å²) in [7, 11) is 0. The summed E-state index contributed by atoms with van der Waals surface area (Å²) in [5.41, 5.74) is 2.41. The van der Waals surface area contributed by atoms with Crippen molar-refractivity contribution in [1.29, 1.82) is 0 Å². The molecule has 0 spiro atoms. The van der Waals surface area contributed by atoms with Crippen LogP contribution in [0, 0.1) is 0 Å². The summed E-state index contributed by atoms with van der Waals surface area (Å²) in [6.45, 7) is 7.35. The molecule has 1 heterocycles. The van der Waals surface area contributed by atoms with Crippen LogP contribution in [-0.2, 0) is 9.53 Å². The summed E-state index contributed by atoms with van der Waals surface area (Å²) >= 11 is 0. The van der Waals surface area contributed by atoms with Crippen LogP contribution in [0.5, 0.6) is 5.75 Å². The van der Waals surface area contributed by atoms with E-state index >= 15 is 0 Å². The average molecular weight is 391 g/mol. The van der Waals surface area contributed by atoms with Crippen molar-refractivity contribution in [3.8, 4) is 16.9 Å². The van der Waals surface area contributed by atoms with Crippen LogP contribution >= 0.6 is 0 Å². The smallest absolute Gasteiger partial charge is 0.333 e. The maximum absolute atomic E-state index is 13.3. The second-order valence-corrected chi connectivity index (χ2v) is 6.88. The fourth-order valence-electron chi connectivity index (χ4n) is 3.42. The van der Waals surface area contributed by atoms with Gasteiger partial charge < -0.3 is 14.0 Å². The Morgan fingerprint density at radius 3 is 2.59 bits per heavy atom. The molecule has 0 bridgehead atoms. The second kappa shape index (κ2) is 9.24. The summed E-state index contributed by atoms with van der Waals surface area (Å²) in [6, 6.07) is 17.2.